The molecule has 7 heteroatoms. The molecule has 2 rings (SSSR count). The molecular formula is C22H27FN4O2. The van der Waals surface area contributed by atoms with Crippen molar-refractivity contribution in [1.82, 2.24) is 10.6 Å². The van der Waals surface area contributed by atoms with Crippen molar-refractivity contribution >= 4 is 5.96 Å². The van der Waals surface area contributed by atoms with E-state index in [1.807, 2.05) is 45.0 Å². The van der Waals surface area contributed by atoms with Crippen LogP contribution in [0, 0.1) is 17.1 Å². The predicted molar refractivity (Wildman–Crippen MR) is 112 cm³/mol. The quantitative estimate of drug-likeness (QED) is 0.520. The van der Waals surface area contributed by atoms with Crippen LogP contribution in [0.2, 0.25) is 0 Å². The zero-order valence-electron chi connectivity index (χ0n) is 17.3. The zero-order chi connectivity index (χ0) is 21.2. The topological polar surface area (TPSA) is 78.7 Å². The van der Waals surface area contributed by atoms with E-state index in [-0.39, 0.29) is 18.4 Å². The molecule has 0 amide bonds. The summed E-state index contributed by atoms with van der Waals surface area (Å²) in [5.74, 6) is 1.55. The first-order chi connectivity index (χ1) is 14.0. The molecule has 0 saturated heterocycles. The molecule has 0 spiro atoms. The maximum absolute atomic E-state index is 14.0. The van der Waals surface area contributed by atoms with E-state index in [9.17, 15) is 4.39 Å². The molecule has 0 saturated carbocycles. The van der Waals surface area contributed by atoms with Gasteiger partial charge in [-0.3, -0.25) is 4.99 Å². The maximum atomic E-state index is 14.0. The van der Waals surface area contributed by atoms with Crippen molar-refractivity contribution in [3.63, 3.8) is 0 Å². The summed E-state index contributed by atoms with van der Waals surface area (Å²) in [6.07, 6.45) is 0. The lowest BCUT2D eigenvalue weighted by atomic mass is 10.1. The number of guanidine groups is 1. The number of hydrogen-bond acceptors (Lipinski definition) is 4. The van der Waals surface area contributed by atoms with Crippen LogP contribution in [0.4, 0.5) is 4.39 Å². The van der Waals surface area contributed by atoms with Gasteiger partial charge in [0.2, 0.25) is 0 Å². The summed E-state index contributed by atoms with van der Waals surface area (Å²) in [6.45, 7) is 7.17. The lowest BCUT2D eigenvalue weighted by Crippen LogP contribution is -2.38. The lowest BCUT2D eigenvalue weighted by Gasteiger charge is -2.20. The third-order valence-electron chi connectivity index (χ3n) is 4.27. The average molecular weight is 398 g/mol. The number of rotatable bonds is 8. The molecular weight excluding hydrogens is 371 g/mol. The summed E-state index contributed by atoms with van der Waals surface area (Å²) in [4.78, 5) is 4.20. The molecule has 0 aliphatic carbocycles. The Bertz CT molecular complexity index is 893. The Hall–Kier alpha value is -3.27. The van der Waals surface area contributed by atoms with Gasteiger partial charge in [0.15, 0.2) is 17.5 Å². The second-order valence-corrected chi connectivity index (χ2v) is 6.28. The molecule has 2 N–H and O–H groups in total. The van der Waals surface area contributed by atoms with Crippen LogP contribution in [-0.2, 0) is 6.54 Å². The minimum absolute atomic E-state index is 0.0774. The first-order valence-electron chi connectivity index (χ1n) is 9.57. The molecule has 0 fully saturated rings. The van der Waals surface area contributed by atoms with E-state index < -0.39 is 0 Å². The Morgan fingerprint density at radius 2 is 1.86 bits per heavy atom. The molecule has 0 aliphatic rings. The predicted octanol–water partition coefficient (Wildman–Crippen LogP) is 3.92. The van der Waals surface area contributed by atoms with Crippen LogP contribution in [0.3, 0.4) is 0 Å². The second-order valence-electron chi connectivity index (χ2n) is 6.28. The largest absolute Gasteiger partial charge is 0.490 e. The van der Waals surface area contributed by atoms with Crippen molar-refractivity contribution in [3.8, 4) is 17.6 Å². The Balaban J connectivity index is 2.07. The van der Waals surface area contributed by atoms with E-state index in [4.69, 9.17) is 14.7 Å². The zero-order valence-corrected chi connectivity index (χ0v) is 17.3. The van der Waals surface area contributed by atoms with Gasteiger partial charge in [0, 0.05) is 19.2 Å². The van der Waals surface area contributed by atoms with Crippen molar-refractivity contribution in [2.75, 3.05) is 20.3 Å². The smallest absolute Gasteiger partial charge is 0.191 e. The molecule has 154 valence electrons. The standard InChI is InChI=1S/C22H27FN4O2/c1-5-28-20-10-8-17(12-21(20)29-6-2)15(3)27-22(25-4)26-14-18-11-16(13-24)7-9-19(18)23/h7-12,15H,5-6,14H2,1-4H3,(H2,25,26,27). The molecule has 2 aromatic rings. The van der Waals surface area contributed by atoms with E-state index in [1.54, 1.807) is 7.05 Å². The molecule has 1 unspecified atom stereocenters. The Morgan fingerprint density at radius 3 is 2.52 bits per heavy atom. The minimum Gasteiger partial charge on any atom is -0.490 e. The third-order valence-corrected chi connectivity index (χ3v) is 4.27. The minimum atomic E-state index is -0.368. The monoisotopic (exact) mass is 398 g/mol. The van der Waals surface area contributed by atoms with Gasteiger partial charge in [-0.2, -0.15) is 5.26 Å². The molecule has 6 nitrogen and oxygen atoms in total. The van der Waals surface area contributed by atoms with Gasteiger partial charge >= 0.3 is 0 Å². The summed E-state index contributed by atoms with van der Waals surface area (Å²) < 4.78 is 25.3. The van der Waals surface area contributed by atoms with E-state index in [0.29, 0.717) is 41.8 Å². The van der Waals surface area contributed by atoms with E-state index in [1.165, 1.54) is 18.2 Å². The number of halogens is 1. The van der Waals surface area contributed by atoms with Crippen LogP contribution in [0.1, 0.15) is 43.5 Å². The molecule has 2 aromatic carbocycles. The Morgan fingerprint density at radius 1 is 1.14 bits per heavy atom. The van der Waals surface area contributed by atoms with Gasteiger partial charge in [0.05, 0.1) is 30.9 Å². The first-order valence-corrected chi connectivity index (χ1v) is 9.57. The third kappa shape index (κ3) is 6.11. The summed E-state index contributed by atoms with van der Waals surface area (Å²) in [5, 5.41) is 15.3. The van der Waals surface area contributed by atoms with Crippen molar-refractivity contribution in [1.29, 1.82) is 5.26 Å². The van der Waals surface area contributed by atoms with Crippen LogP contribution in [0.15, 0.2) is 41.4 Å². The van der Waals surface area contributed by atoms with Crippen molar-refractivity contribution < 1.29 is 13.9 Å². The summed E-state index contributed by atoms with van der Waals surface area (Å²) in [5.41, 5.74) is 1.81. The van der Waals surface area contributed by atoms with Gasteiger partial charge in [-0.05, 0) is 56.7 Å². The number of hydrogen-bond donors (Lipinski definition) is 2. The van der Waals surface area contributed by atoms with E-state index >= 15 is 0 Å². The summed E-state index contributed by atoms with van der Waals surface area (Å²) >= 11 is 0. The van der Waals surface area contributed by atoms with Crippen LogP contribution >= 0.6 is 0 Å². The van der Waals surface area contributed by atoms with Gasteiger partial charge in [0.25, 0.3) is 0 Å². The fourth-order valence-electron chi connectivity index (χ4n) is 2.78. The first kappa shape index (κ1) is 22.0. The fourth-order valence-corrected chi connectivity index (χ4v) is 2.78. The highest BCUT2D eigenvalue weighted by atomic mass is 19.1. The molecule has 0 radical (unpaired) electrons. The van der Waals surface area contributed by atoms with Crippen LogP contribution in [0.5, 0.6) is 11.5 Å². The molecule has 29 heavy (non-hydrogen) atoms. The number of nitriles is 1. The number of ether oxygens (including phenoxy) is 2. The second kappa shape index (κ2) is 10.9. The summed E-state index contributed by atoms with van der Waals surface area (Å²) in [6, 6.07) is 12.0. The fraction of sp³-hybridized carbons (Fsp3) is 0.364. The highest BCUT2D eigenvalue weighted by Crippen LogP contribution is 2.30. The molecule has 0 aromatic heterocycles. The number of nitrogens with zero attached hydrogens (tertiary/aromatic N) is 2. The van der Waals surface area contributed by atoms with E-state index in [2.05, 4.69) is 15.6 Å². The van der Waals surface area contributed by atoms with Crippen molar-refractivity contribution in [2.24, 2.45) is 4.99 Å². The molecule has 0 aliphatic heterocycles. The van der Waals surface area contributed by atoms with Gasteiger partial charge < -0.3 is 20.1 Å². The van der Waals surface area contributed by atoms with Crippen LogP contribution < -0.4 is 20.1 Å². The highest BCUT2D eigenvalue weighted by Gasteiger charge is 2.13. The number of aliphatic imine (C=N–C) groups is 1. The number of benzene rings is 2. The normalized spacial score (nSPS) is 12.1. The van der Waals surface area contributed by atoms with Gasteiger partial charge in [-0.1, -0.05) is 6.07 Å². The lowest BCUT2D eigenvalue weighted by molar-refractivity contribution is 0.287. The summed E-state index contributed by atoms with van der Waals surface area (Å²) in [7, 11) is 1.65. The number of nitrogens with one attached hydrogen (secondary N) is 2. The maximum Gasteiger partial charge on any atom is 0.191 e. The van der Waals surface area contributed by atoms with Gasteiger partial charge in [0.1, 0.15) is 5.82 Å². The van der Waals surface area contributed by atoms with Crippen molar-refractivity contribution in [3.05, 3.63) is 58.9 Å². The van der Waals surface area contributed by atoms with Crippen LogP contribution in [-0.4, -0.2) is 26.2 Å². The SMILES string of the molecule is CCOc1ccc(C(C)NC(=NC)NCc2cc(C#N)ccc2F)cc1OCC. The molecule has 0 heterocycles. The van der Waals surface area contributed by atoms with Gasteiger partial charge in [-0.25, -0.2) is 4.39 Å². The van der Waals surface area contributed by atoms with Crippen molar-refractivity contribution in [2.45, 2.75) is 33.4 Å². The highest BCUT2D eigenvalue weighted by molar-refractivity contribution is 5.80. The molecule has 0 bridgehead atoms. The van der Waals surface area contributed by atoms with Gasteiger partial charge in [-0.15, -0.1) is 0 Å². The van der Waals surface area contributed by atoms with E-state index in [0.717, 1.165) is 5.56 Å². The van der Waals surface area contributed by atoms with Crippen LogP contribution in [0.25, 0.3) is 0 Å². The molecule has 1 atom stereocenters. The average Bonchev–Trinajstić information content (AvgIpc) is 2.73. The Kier molecular flexibility index (Phi) is 8.28. The Labute approximate surface area is 171 Å².